The molecule has 0 radical (unpaired) electrons. The lowest BCUT2D eigenvalue weighted by Crippen LogP contribution is -2.47. The normalized spacial score (nSPS) is 44.7. The first-order valence-electron chi connectivity index (χ1n) is 6.75. The van der Waals surface area contributed by atoms with E-state index in [4.69, 9.17) is 0 Å². The number of fused-ring (bicyclic) bond motifs is 2. The molecule has 3 saturated carbocycles. The molecule has 2 heteroatoms. The van der Waals surface area contributed by atoms with Crippen LogP contribution < -0.4 is 5.32 Å². The molecule has 90 valence electrons. The number of rotatable bonds is 2. The maximum atomic E-state index is 11.9. The van der Waals surface area contributed by atoms with Gasteiger partial charge < -0.3 is 5.32 Å². The van der Waals surface area contributed by atoms with Crippen LogP contribution in [0.1, 0.15) is 52.9 Å². The van der Waals surface area contributed by atoms with Crippen molar-refractivity contribution in [2.75, 3.05) is 0 Å². The zero-order chi connectivity index (χ0) is 11.6. The molecule has 1 amide bonds. The summed E-state index contributed by atoms with van der Waals surface area (Å²) in [6, 6.07) is 0.439. The number of hydrogen-bond acceptors (Lipinski definition) is 1. The first kappa shape index (κ1) is 10.6. The third-order valence-electron chi connectivity index (χ3n) is 6.06. The number of carbonyl (C=O) groups is 1. The monoisotopic (exact) mass is 221 g/mol. The van der Waals surface area contributed by atoms with Gasteiger partial charge in [-0.25, -0.2) is 0 Å². The molecule has 2 nitrogen and oxygen atoms in total. The summed E-state index contributed by atoms with van der Waals surface area (Å²) in [7, 11) is 0. The third kappa shape index (κ3) is 1.22. The average molecular weight is 221 g/mol. The Morgan fingerprint density at radius 2 is 1.88 bits per heavy atom. The third-order valence-corrected chi connectivity index (χ3v) is 6.06. The molecule has 1 N–H and O–H groups in total. The first-order valence-corrected chi connectivity index (χ1v) is 6.75. The van der Waals surface area contributed by atoms with E-state index in [0.717, 1.165) is 18.8 Å². The SMILES string of the molecule is CC1(C)C2CCC1(C)C(NC(=O)C1CC1)C2. The van der Waals surface area contributed by atoms with Crippen molar-refractivity contribution in [1.82, 2.24) is 5.32 Å². The van der Waals surface area contributed by atoms with Crippen LogP contribution in [0.4, 0.5) is 0 Å². The van der Waals surface area contributed by atoms with Crippen LogP contribution in [0.2, 0.25) is 0 Å². The highest BCUT2D eigenvalue weighted by atomic mass is 16.2. The van der Waals surface area contributed by atoms with Gasteiger partial charge in [-0.05, 0) is 48.9 Å². The van der Waals surface area contributed by atoms with Crippen LogP contribution >= 0.6 is 0 Å². The molecule has 0 saturated heterocycles. The number of amides is 1. The Balaban J connectivity index is 1.76. The lowest BCUT2D eigenvalue weighted by atomic mass is 9.69. The summed E-state index contributed by atoms with van der Waals surface area (Å²) in [6.45, 7) is 7.18. The lowest BCUT2D eigenvalue weighted by molar-refractivity contribution is -0.124. The second-order valence-corrected chi connectivity index (χ2v) is 6.95. The topological polar surface area (TPSA) is 29.1 Å². The molecule has 3 fully saturated rings. The van der Waals surface area contributed by atoms with Crippen molar-refractivity contribution in [3.8, 4) is 0 Å². The number of nitrogens with one attached hydrogen (secondary N) is 1. The van der Waals surface area contributed by atoms with Gasteiger partial charge in [-0.2, -0.15) is 0 Å². The Kier molecular flexibility index (Phi) is 2.01. The zero-order valence-corrected chi connectivity index (χ0v) is 10.7. The van der Waals surface area contributed by atoms with Gasteiger partial charge in [0.25, 0.3) is 0 Å². The van der Waals surface area contributed by atoms with Crippen molar-refractivity contribution in [1.29, 1.82) is 0 Å². The fourth-order valence-electron chi connectivity index (χ4n) is 4.06. The second kappa shape index (κ2) is 3.02. The second-order valence-electron chi connectivity index (χ2n) is 6.95. The summed E-state index contributed by atoms with van der Waals surface area (Å²) in [4.78, 5) is 11.9. The Labute approximate surface area is 98.2 Å². The molecule has 3 aliphatic rings. The fourth-order valence-corrected chi connectivity index (χ4v) is 4.06. The molecule has 0 aromatic rings. The Morgan fingerprint density at radius 1 is 1.19 bits per heavy atom. The summed E-state index contributed by atoms with van der Waals surface area (Å²) >= 11 is 0. The van der Waals surface area contributed by atoms with E-state index in [9.17, 15) is 4.79 Å². The van der Waals surface area contributed by atoms with E-state index in [1.165, 1.54) is 19.3 Å². The van der Waals surface area contributed by atoms with E-state index >= 15 is 0 Å². The average Bonchev–Trinajstić information content (AvgIpc) is 2.98. The largest absolute Gasteiger partial charge is 0.353 e. The van der Waals surface area contributed by atoms with Crippen LogP contribution in [0.15, 0.2) is 0 Å². The predicted molar refractivity (Wildman–Crippen MR) is 63.9 cm³/mol. The van der Waals surface area contributed by atoms with E-state index in [1.807, 2.05) is 0 Å². The van der Waals surface area contributed by atoms with E-state index in [2.05, 4.69) is 26.1 Å². The molecular formula is C14H23NO. The van der Waals surface area contributed by atoms with Gasteiger partial charge in [-0.3, -0.25) is 4.79 Å². The van der Waals surface area contributed by atoms with E-state index in [-0.39, 0.29) is 0 Å². The minimum absolute atomic E-state index is 0.328. The maximum absolute atomic E-state index is 11.9. The summed E-state index contributed by atoms with van der Waals surface area (Å²) in [5, 5.41) is 3.33. The highest BCUT2D eigenvalue weighted by Gasteiger charge is 2.61. The molecule has 0 aromatic heterocycles. The summed E-state index contributed by atoms with van der Waals surface area (Å²) in [5.74, 6) is 1.50. The Hall–Kier alpha value is -0.530. The number of hydrogen-bond donors (Lipinski definition) is 1. The molecule has 3 atom stereocenters. The van der Waals surface area contributed by atoms with E-state index < -0.39 is 0 Å². The predicted octanol–water partition coefficient (Wildman–Crippen LogP) is 2.73. The van der Waals surface area contributed by atoms with Gasteiger partial charge in [0.15, 0.2) is 0 Å². The van der Waals surface area contributed by atoms with Crippen LogP contribution in [0.3, 0.4) is 0 Å². The van der Waals surface area contributed by atoms with Crippen molar-refractivity contribution in [2.45, 2.75) is 58.9 Å². The van der Waals surface area contributed by atoms with Crippen molar-refractivity contribution in [3.05, 3.63) is 0 Å². The molecule has 16 heavy (non-hydrogen) atoms. The van der Waals surface area contributed by atoms with Crippen LogP contribution in [0.5, 0.6) is 0 Å². The molecule has 2 bridgehead atoms. The maximum Gasteiger partial charge on any atom is 0.223 e. The van der Waals surface area contributed by atoms with Crippen LogP contribution in [-0.2, 0) is 4.79 Å². The molecule has 0 heterocycles. The highest BCUT2D eigenvalue weighted by molar-refractivity contribution is 5.81. The van der Waals surface area contributed by atoms with Gasteiger partial charge in [0.1, 0.15) is 0 Å². The van der Waals surface area contributed by atoms with Crippen LogP contribution in [0, 0.1) is 22.7 Å². The standard InChI is InChI=1S/C14H23NO/c1-13(2)10-6-7-14(13,3)11(8-10)15-12(16)9-4-5-9/h9-11H,4-8H2,1-3H3,(H,15,16). The summed E-state index contributed by atoms with van der Waals surface area (Å²) in [6.07, 6.45) is 6.09. The lowest BCUT2D eigenvalue weighted by Gasteiger charge is -2.39. The van der Waals surface area contributed by atoms with Gasteiger partial charge in [-0.15, -0.1) is 0 Å². The smallest absolute Gasteiger partial charge is 0.223 e. The fraction of sp³-hybridized carbons (Fsp3) is 0.929. The van der Waals surface area contributed by atoms with Gasteiger partial charge in [0, 0.05) is 12.0 Å². The molecule has 3 rings (SSSR count). The summed E-state index contributed by atoms with van der Waals surface area (Å²) < 4.78 is 0. The molecule has 0 aromatic carbocycles. The van der Waals surface area contributed by atoms with Crippen molar-refractivity contribution >= 4 is 5.91 Å². The minimum Gasteiger partial charge on any atom is -0.353 e. The van der Waals surface area contributed by atoms with E-state index in [0.29, 0.717) is 28.7 Å². The van der Waals surface area contributed by atoms with Crippen molar-refractivity contribution in [3.63, 3.8) is 0 Å². The quantitative estimate of drug-likeness (QED) is 0.763. The van der Waals surface area contributed by atoms with Gasteiger partial charge in [0.05, 0.1) is 0 Å². The van der Waals surface area contributed by atoms with Gasteiger partial charge in [0.2, 0.25) is 5.91 Å². The van der Waals surface area contributed by atoms with E-state index in [1.54, 1.807) is 0 Å². The summed E-state index contributed by atoms with van der Waals surface area (Å²) in [5.41, 5.74) is 0.747. The number of carbonyl (C=O) groups excluding carboxylic acids is 1. The van der Waals surface area contributed by atoms with Crippen molar-refractivity contribution < 1.29 is 4.79 Å². The molecule has 3 unspecified atom stereocenters. The molecule has 3 aliphatic carbocycles. The van der Waals surface area contributed by atoms with Gasteiger partial charge >= 0.3 is 0 Å². The molecule has 0 spiro atoms. The van der Waals surface area contributed by atoms with Gasteiger partial charge in [-0.1, -0.05) is 20.8 Å². The Bertz CT molecular complexity index is 332. The Morgan fingerprint density at radius 3 is 2.31 bits per heavy atom. The minimum atomic E-state index is 0.328. The van der Waals surface area contributed by atoms with Crippen molar-refractivity contribution in [2.24, 2.45) is 22.7 Å². The van der Waals surface area contributed by atoms with Crippen LogP contribution in [0.25, 0.3) is 0 Å². The first-order chi connectivity index (χ1) is 7.45. The zero-order valence-electron chi connectivity index (χ0n) is 10.7. The highest BCUT2D eigenvalue weighted by Crippen LogP contribution is 2.65. The molecular weight excluding hydrogens is 198 g/mol. The van der Waals surface area contributed by atoms with Crippen LogP contribution in [-0.4, -0.2) is 11.9 Å². The molecule has 0 aliphatic heterocycles.